The number of ether oxygens (including phenoxy) is 2. The molecule has 5 aliphatic rings. The van der Waals surface area contributed by atoms with Gasteiger partial charge in [-0.15, -0.1) is 0 Å². The molecule has 0 unspecified atom stereocenters. The predicted octanol–water partition coefficient (Wildman–Crippen LogP) is 2.59. The summed E-state index contributed by atoms with van der Waals surface area (Å²) in [6.45, 7) is 8.38. The van der Waals surface area contributed by atoms with Crippen LogP contribution in [0.25, 0.3) is 16.6 Å². The molecule has 8 rings (SSSR count). The highest BCUT2D eigenvalue weighted by Gasteiger charge is 2.47. The van der Waals surface area contributed by atoms with E-state index in [1.807, 2.05) is 0 Å². The zero-order chi connectivity index (χ0) is 64.9. The van der Waals surface area contributed by atoms with E-state index in [0.717, 1.165) is 32.5 Å². The highest BCUT2D eigenvalue weighted by molar-refractivity contribution is 6.12. The van der Waals surface area contributed by atoms with Crippen molar-refractivity contribution in [1.29, 1.82) is 0 Å². The molecule has 3 aromatic rings. The number of amides is 10. The Kier molecular flexibility index (Phi) is 22.3. The number of rotatable bonds is 29. The monoisotopic (exact) mass is 1250 g/mol. The Morgan fingerprint density at radius 1 is 0.778 bits per heavy atom. The van der Waals surface area contributed by atoms with Gasteiger partial charge in [0.25, 0.3) is 11.8 Å². The Labute approximate surface area is 520 Å². The van der Waals surface area contributed by atoms with E-state index in [4.69, 9.17) is 14.5 Å². The normalized spacial score (nSPS) is 17.9. The number of pyridine rings is 1. The van der Waals surface area contributed by atoms with Crippen molar-refractivity contribution < 1.29 is 71.7 Å². The second kappa shape index (κ2) is 30.0. The lowest BCUT2D eigenvalue weighted by Gasteiger charge is -2.37. The quantitative estimate of drug-likeness (QED) is 0.0274. The van der Waals surface area contributed by atoms with E-state index < -0.39 is 114 Å². The Hall–Kier alpha value is -9.07. The number of nitrogens with zero attached hydrogens (tertiary/aromatic N) is 3. The van der Waals surface area contributed by atoms with Gasteiger partial charge in [0, 0.05) is 86.7 Å². The van der Waals surface area contributed by atoms with Crippen molar-refractivity contribution in [3.8, 4) is 0 Å². The molecule has 0 saturated heterocycles. The van der Waals surface area contributed by atoms with Gasteiger partial charge in [0.05, 0.1) is 42.6 Å². The number of hydrogen-bond acceptors (Lipinski definition) is 16. The van der Waals surface area contributed by atoms with Crippen LogP contribution in [-0.4, -0.2) is 161 Å². The van der Waals surface area contributed by atoms with Gasteiger partial charge in [-0.3, -0.25) is 48.1 Å². The van der Waals surface area contributed by atoms with Crippen molar-refractivity contribution in [1.82, 2.24) is 57.3 Å². The molecule has 0 saturated carbocycles. The van der Waals surface area contributed by atoms with Crippen LogP contribution in [0.2, 0.25) is 0 Å². The number of benzene rings is 2. The van der Waals surface area contributed by atoms with Crippen LogP contribution in [0.4, 0.5) is 9.18 Å². The van der Waals surface area contributed by atoms with E-state index in [1.165, 1.54) is 18.2 Å². The van der Waals surface area contributed by atoms with Gasteiger partial charge in [0.15, 0.2) is 5.60 Å². The van der Waals surface area contributed by atoms with Crippen LogP contribution >= 0.6 is 0 Å². The maximum absolute atomic E-state index is 15.4. The van der Waals surface area contributed by atoms with E-state index in [9.17, 15) is 57.8 Å². The highest BCUT2D eigenvalue weighted by Crippen LogP contribution is 2.48. The summed E-state index contributed by atoms with van der Waals surface area (Å²) in [5, 5.41) is 33.5. The molecule has 0 bridgehead atoms. The molecule has 25 nitrogen and oxygen atoms in total. The van der Waals surface area contributed by atoms with Gasteiger partial charge < -0.3 is 62.0 Å². The zero-order valence-corrected chi connectivity index (χ0v) is 51.5. The predicted molar refractivity (Wildman–Crippen MR) is 325 cm³/mol. The summed E-state index contributed by atoms with van der Waals surface area (Å²) in [6, 6.07) is 7.48. The number of nitrogens with one attached hydrogen (secondary N) is 8. The number of aryl methyl sites for hydroxylation is 1. The Morgan fingerprint density at radius 3 is 2.16 bits per heavy atom. The molecule has 9 N–H and O–H groups in total. The largest absolute Gasteiger partial charge is 0.459 e. The smallest absolute Gasteiger partial charge is 0.407 e. The SMILES string of the molecule is CC[C@@]1(O)C(=O)OCC2=C1C=C1c3nc4cc(F)c(C)c5c4c(c3CN1C2)[C@@H](NC(=O)CCCNC(=O)CNC(=O)[C@H](Cc1ccccc1)NC(=O)CNC(=O)CNC(=O)[C@H](CCCCNC(=O)OC(C)(C)C)NC(=O)CCCCCN1C(=O)C=CC1=O)CC5. The van der Waals surface area contributed by atoms with Crippen molar-refractivity contribution >= 4 is 81.8 Å². The Balaban J connectivity index is 0.788. The number of aromatic nitrogens is 1. The van der Waals surface area contributed by atoms with Crippen LogP contribution in [-0.2, 0) is 76.8 Å². The summed E-state index contributed by atoms with van der Waals surface area (Å²) in [7, 11) is 0. The van der Waals surface area contributed by atoms with Crippen LogP contribution in [0.1, 0.15) is 138 Å². The van der Waals surface area contributed by atoms with Gasteiger partial charge in [-0.1, -0.05) is 43.7 Å². The first kappa shape index (κ1) is 66.9. The van der Waals surface area contributed by atoms with E-state index >= 15 is 4.39 Å². The average molecular weight is 1250 g/mol. The molecule has 5 heterocycles. The number of cyclic esters (lactones) is 1. The maximum atomic E-state index is 15.4. The Morgan fingerprint density at radius 2 is 1.44 bits per heavy atom. The number of unbranched alkanes of at least 4 members (excludes halogenated alkanes) is 3. The lowest BCUT2D eigenvalue weighted by atomic mass is 9.81. The lowest BCUT2D eigenvalue weighted by Crippen LogP contribution is -2.53. The number of carbonyl (C=O) groups is 11. The third kappa shape index (κ3) is 17.0. The summed E-state index contributed by atoms with van der Waals surface area (Å²) >= 11 is 0. The van der Waals surface area contributed by atoms with Gasteiger partial charge in [-0.25, -0.2) is 19.0 Å². The minimum atomic E-state index is -1.82. The van der Waals surface area contributed by atoms with E-state index in [2.05, 4.69) is 47.4 Å². The third-order valence-corrected chi connectivity index (χ3v) is 16.3. The fraction of sp³-hybridized carbons (Fsp3) is 0.500. The average Bonchev–Trinajstić information content (AvgIpc) is 1.44. The molecule has 0 radical (unpaired) electrons. The fourth-order valence-electron chi connectivity index (χ4n) is 11.7. The third-order valence-electron chi connectivity index (χ3n) is 16.3. The van der Waals surface area contributed by atoms with Gasteiger partial charge in [-0.05, 0) is 119 Å². The first-order valence-corrected chi connectivity index (χ1v) is 30.7. The second-order valence-corrected chi connectivity index (χ2v) is 24.1. The summed E-state index contributed by atoms with van der Waals surface area (Å²) in [4.78, 5) is 150. The van der Waals surface area contributed by atoms with Crippen LogP contribution in [0, 0.1) is 12.7 Å². The molecular weight excluding hydrogens is 1170 g/mol. The number of esters is 1. The number of fused-ring (bicyclic) bond motifs is 4. The number of carbonyl (C=O) groups excluding carboxylic acids is 11. The van der Waals surface area contributed by atoms with Crippen molar-refractivity contribution in [2.24, 2.45) is 0 Å². The van der Waals surface area contributed by atoms with Crippen molar-refractivity contribution in [2.45, 2.75) is 154 Å². The molecule has 1 aromatic heterocycles. The summed E-state index contributed by atoms with van der Waals surface area (Å²) in [5.41, 5.74) is 4.20. The van der Waals surface area contributed by atoms with Crippen LogP contribution < -0.4 is 42.5 Å². The van der Waals surface area contributed by atoms with Gasteiger partial charge in [0.1, 0.15) is 30.1 Å². The van der Waals surface area contributed by atoms with Gasteiger partial charge in [0.2, 0.25) is 41.4 Å². The van der Waals surface area contributed by atoms with E-state index in [-0.39, 0.29) is 70.7 Å². The summed E-state index contributed by atoms with van der Waals surface area (Å²) < 4.78 is 26.1. The molecule has 0 spiro atoms. The number of imide groups is 1. The first-order chi connectivity index (χ1) is 42.9. The maximum Gasteiger partial charge on any atom is 0.407 e. The molecule has 10 amide bonds. The molecule has 1 aliphatic carbocycles. The summed E-state index contributed by atoms with van der Waals surface area (Å²) in [6.07, 6.45) is 7.38. The molecule has 4 aliphatic heterocycles. The second-order valence-electron chi connectivity index (χ2n) is 24.1. The van der Waals surface area contributed by atoms with Crippen molar-refractivity contribution in [2.75, 3.05) is 52.4 Å². The fourth-order valence-corrected chi connectivity index (χ4v) is 11.7. The molecule has 90 heavy (non-hydrogen) atoms. The highest BCUT2D eigenvalue weighted by atomic mass is 19.1. The number of hydrogen-bond donors (Lipinski definition) is 9. The minimum Gasteiger partial charge on any atom is -0.459 e. The number of alkyl carbamates (subject to hydrolysis) is 1. The minimum absolute atomic E-state index is 0.0225. The zero-order valence-electron chi connectivity index (χ0n) is 51.5. The van der Waals surface area contributed by atoms with E-state index in [0.29, 0.717) is 91.6 Å². The van der Waals surface area contributed by atoms with Crippen LogP contribution in [0.15, 0.2) is 65.8 Å². The molecule has 482 valence electrons. The van der Waals surface area contributed by atoms with Crippen LogP contribution in [0.5, 0.6) is 0 Å². The van der Waals surface area contributed by atoms with Gasteiger partial charge >= 0.3 is 12.1 Å². The van der Waals surface area contributed by atoms with Crippen molar-refractivity contribution in [3.05, 3.63) is 105 Å². The Bertz CT molecular complexity index is 3400. The molecule has 26 heteroatoms. The number of aliphatic hydroxyl groups is 1. The van der Waals surface area contributed by atoms with Crippen LogP contribution in [0.3, 0.4) is 0 Å². The lowest BCUT2D eigenvalue weighted by molar-refractivity contribution is -0.163. The topological polar surface area (TPSA) is 342 Å². The molecule has 2 aromatic carbocycles. The first-order valence-electron chi connectivity index (χ1n) is 30.7. The van der Waals surface area contributed by atoms with Crippen molar-refractivity contribution in [3.63, 3.8) is 0 Å². The molecule has 0 fully saturated rings. The summed E-state index contributed by atoms with van der Waals surface area (Å²) in [5.74, 6) is -6.05. The number of halogens is 1. The molecule has 4 atom stereocenters. The van der Waals surface area contributed by atoms with Gasteiger partial charge in [-0.2, -0.15) is 0 Å². The van der Waals surface area contributed by atoms with E-state index in [1.54, 1.807) is 71.0 Å². The standard InChI is InChI=1S/C64H80FN11O14/c1-6-64(88)42-29-48-58-41(35-75(48)34-39(42)36-89-61(64)86)57-44(22-21-40-37(2)43(65)30-46(74-58)56(40)57)71-50(78)20-15-26-66-51(79)31-70-60(85)47(28-38-16-9-7-10-17-38)73-53(81)33-68-52(80)32-69-59(84)45(18-12-13-25-67-62(87)90-63(3,4)5)72-49(77)19-11-8-14-27-76-54(82)23-24-55(76)83/h7,9-10,16-17,23-24,29-30,44-45,47,88H,6,8,11-15,18-22,25-28,31-36H2,1-5H3,(H,66,79)(H,67,87)(H,68,80)(H,69,84)(H,70,85)(H,71,78)(H,72,77)(H,73,81)/t44-,45-,47-,64-/m0/s1. The molecular formula is C64H80FN11O14.